The van der Waals surface area contributed by atoms with Crippen molar-refractivity contribution in [1.82, 2.24) is 0 Å². The predicted molar refractivity (Wildman–Crippen MR) is 62.4 cm³/mol. The molecular weight excluding hydrogens is 170 g/mol. The van der Waals surface area contributed by atoms with Gasteiger partial charge in [-0.25, -0.2) is 0 Å². The number of hydrogen-bond acceptors (Lipinski definition) is 1. The van der Waals surface area contributed by atoms with E-state index in [0.29, 0.717) is 12.5 Å². The molecule has 2 N–H and O–H groups in total. The maximum Gasteiger partial charge on any atom is 0.000978 e. The van der Waals surface area contributed by atoms with Crippen molar-refractivity contribution in [3.05, 3.63) is 35.4 Å². The Kier molecular flexibility index (Phi) is 3.33. The molecule has 1 nitrogen and oxygen atoms in total. The summed E-state index contributed by atoms with van der Waals surface area (Å²) in [5.74, 6) is 0.447. The standard InChI is InChI=1S/C13H21N/c1-10-5-7-11(8-6-10)12(9-14)13(2,3)4/h5-8,12H,9,14H2,1-4H3. The highest BCUT2D eigenvalue weighted by Gasteiger charge is 2.24. The molecule has 0 saturated carbocycles. The second-order valence-corrected chi connectivity index (χ2v) is 5.06. The van der Waals surface area contributed by atoms with Crippen molar-refractivity contribution in [2.75, 3.05) is 6.54 Å². The topological polar surface area (TPSA) is 26.0 Å². The fraction of sp³-hybridized carbons (Fsp3) is 0.538. The Balaban J connectivity index is 2.96. The molecule has 0 spiro atoms. The van der Waals surface area contributed by atoms with Crippen molar-refractivity contribution in [3.63, 3.8) is 0 Å². The highest BCUT2D eigenvalue weighted by atomic mass is 14.6. The van der Waals surface area contributed by atoms with Gasteiger partial charge in [0, 0.05) is 5.92 Å². The molecule has 0 saturated heterocycles. The van der Waals surface area contributed by atoms with Crippen molar-refractivity contribution in [2.45, 2.75) is 33.6 Å². The average molecular weight is 191 g/mol. The van der Waals surface area contributed by atoms with Gasteiger partial charge in [0.2, 0.25) is 0 Å². The van der Waals surface area contributed by atoms with E-state index >= 15 is 0 Å². The largest absolute Gasteiger partial charge is 0.330 e. The van der Waals surface area contributed by atoms with Gasteiger partial charge in [-0.1, -0.05) is 50.6 Å². The van der Waals surface area contributed by atoms with Gasteiger partial charge < -0.3 is 5.73 Å². The quantitative estimate of drug-likeness (QED) is 0.764. The fourth-order valence-electron chi connectivity index (χ4n) is 1.79. The Morgan fingerprint density at radius 3 is 2.00 bits per heavy atom. The predicted octanol–water partition coefficient (Wildman–Crippen LogP) is 3.08. The minimum absolute atomic E-state index is 0.240. The Labute approximate surface area is 87.3 Å². The van der Waals surface area contributed by atoms with E-state index in [2.05, 4.69) is 52.0 Å². The van der Waals surface area contributed by atoms with E-state index in [-0.39, 0.29) is 5.41 Å². The van der Waals surface area contributed by atoms with Gasteiger partial charge in [0.05, 0.1) is 0 Å². The van der Waals surface area contributed by atoms with Crippen molar-refractivity contribution < 1.29 is 0 Å². The molecule has 1 atom stereocenters. The summed E-state index contributed by atoms with van der Waals surface area (Å²) < 4.78 is 0. The van der Waals surface area contributed by atoms with Gasteiger partial charge in [0.15, 0.2) is 0 Å². The molecule has 0 aliphatic carbocycles. The number of benzene rings is 1. The molecule has 1 unspecified atom stereocenters. The third kappa shape index (κ3) is 2.58. The Morgan fingerprint density at radius 2 is 1.64 bits per heavy atom. The smallest absolute Gasteiger partial charge is 0.000978 e. The maximum absolute atomic E-state index is 5.83. The van der Waals surface area contributed by atoms with Gasteiger partial charge in [-0.05, 0) is 24.4 Å². The summed E-state index contributed by atoms with van der Waals surface area (Å²) in [6.07, 6.45) is 0. The lowest BCUT2D eigenvalue weighted by Gasteiger charge is -2.30. The molecule has 1 rings (SSSR count). The van der Waals surface area contributed by atoms with Crippen LogP contribution in [0, 0.1) is 12.3 Å². The first-order chi connectivity index (χ1) is 6.45. The van der Waals surface area contributed by atoms with Crippen molar-refractivity contribution in [3.8, 4) is 0 Å². The summed E-state index contributed by atoms with van der Waals surface area (Å²) >= 11 is 0. The molecule has 0 radical (unpaired) electrons. The first-order valence-corrected chi connectivity index (χ1v) is 5.22. The van der Waals surface area contributed by atoms with Gasteiger partial charge >= 0.3 is 0 Å². The minimum Gasteiger partial charge on any atom is -0.330 e. The van der Waals surface area contributed by atoms with E-state index in [1.165, 1.54) is 11.1 Å². The third-order valence-corrected chi connectivity index (χ3v) is 2.76. The van der Waals surface area contributed by atoms with Crippen LogP contribution in [0.3, 0.4) is 0 Å². The van der Waals surface area contributed by atoms with Gasteiger partial charge in [-0.15, -0.1) is 0 Å². The van der Waals surface area contributed by atoms with Crippen LogP contribution in [-0.4, -0.2) is 6.54 Å². The van der Waals surface area contributed by atoms with E-state index in [4.69, 9.17) is 5.73 Å². The monoisotopic (exact) mass is 191 g/mol. The molecule has 0 heterocycles. The molecule has 1 aromatic carbocycles. The van der Waals surface area contributed by atoms with Crippen LogP contribution in [0.1, 0.15) is 37.8 Å². The van der Waals surface area contributed by atoms with Crippen LogP contribution < -0.4 is 5.73 Å². The van der Waals surface area contributed by atoms with E-state index < -0.39 is 0 Å². The summed E-state index contributed by atoms with van der Waals surface area (Å²) in [6.45, 7) is 9.55. The first-order valence-electron chi connectivity index (χ1n) is 5.22. The fourth-order valence-corrected chi connectivity index (χ4v) is 1.79. The van der Waals surface area contributed by atoms with Crippen LogP contribution >= 0.6 is 0 Å². The van der Waals surface area contributed by atoms with Crippen LogP contribution in [0.25, 0.3) is 0 Å². The lowest BCUT2D eigenvalue weighted by molar-refractivity contribution is 0.325. The summed E-state index contributed by atoms with van der Waals surface area (Å²) in [7, 11) is 0. The summed E-state index contributed by atoms with van der Waals surface area (Å²) in [5.41, 5.74) is 8.73. The first kappa shape index (κ1) is 11.3. The average Bonchev–Trinajstić information content (AvgIpc) is 2.07. The van der Waals surface area contributed by atoms with Crippen molar-refractivity contribution >= 4 is 0 Å². The van der Waals surface area contributed by atoms with Crippen molar-refractivity contribution in [2.24, 2.45) is 11.1 Å². The second-order valence-electron chi connectivity index (χ2n) is 5.06. The number of nitrogens with two attached hydrogens (primary N) is 1. The molecule has 0 aliphatic heterocycles. The summed E-state index contributed by atoms with van der Waals surface area (Å²) in [6, 6.07) is 8.70. The van der Waals surface area contributed by atoms with E-state index in [0.717, 1.165) is 0 Å². The molecule has 0 aromatic heterocycles. The zero-order valence-electron chi connectivity index (χ0n) is 9.67. The molecule has 0 fully saturated rings. The lowest BCUT2D eigenvalue weighted by Crippen LogP contribution is -2.25. The van der Waals surface area contributed by atoms with Crippen LogP contribution in [0.15, 0.2) is 24.3 Å². The maximum atomic E-state index is 5.83. The van der Waals surface area contributed by atoms with Gasteiger partial charge in [-0.2, -0.15) is 0 Å². The number of hydrogen-bond donors (Lipinski definition) is 1. The van der Waals surface area contributed by atoms with Crippen LogP contribution in [0.2, 0.25) is 0 Å². The number of aryl methyl sites for hydroxylation is 1. The molecule has 0 aliphatic rings. The Hall–Kier alpha value is -0.820. The lowest BCUT2D eigenvalue weighted by atomic mass is 9.76. The van der Waals surface area contributed by atoms with Crippen LogP contribution in [0.5, 0.6) is 0 Å². The third-order valence-electron chi connectivity index (χ3n) is 2.76. The molecule has 14 heavy (non-hydrogen) atoms. The van der Waals surface area contributed by atoms with Gasteiger partial charge in [-0.3, -0.25) is 0 Å². The number of rotatable bonds is 2. The van der Waals surface area contributed by atoms with E-state index in [1.54, 1.807) is 0 Å². The highest BCUT2D eigenvalue weighted by Crippen LogP contribution is 2.33. The van der Waals surface area contributed by atoms with Gasteiger partial charge in [0.25, 0.3) is 0 Å². The van der Waals surface area contributed by atoms with Gasteiger partial charge in [0.1, 0.15) is 0 Å². The minimum atomic E-state index is 0.240. The van der Waals surface area contributed by atoms with Crippen LogP contribution in [0.4, 0.5) is 0 Å². The molecule has 0 bridgehead atoms. The zero-order chi connectivity index (χ0) is 10.8. The SMILES string of the molecule is Cc1ccc(C(CN)C(C)(C)C)cc1. The highest BCUT2D eigenvalue weighted by molar-refractivity contribution is 5.26. The Morgan fingerprint density at radius 1 is 1.14 bits per heavy atom. The normalized spacial score (nSPS) is 14.1. The van der Waals surface area contributed by atoms with Crippen molar-refractivity contribution in [1.29, 1.82) is 0 Å². The summed E-state index contributed by atoms with van der Waals surface area (Å²) in [4.78, 5) is 0. The second kappa shape index (κ2) is 4.14. The molecule has 78 valence electrons. The summed E-state index contributed by atoms with van der Waals surface area (Å²) in [5, 5.41) is 0. The molecule has 1 heteroatoms. The molecular formula is C13H21N. The molecule has 0 amide bonds. The van der Waals surface area contributed by atoms with Crippen LogP contribution in [-0.2, 0) is 0 Å². The van der Waals surface area contributed by atoms with E-state index in [1.807, 2.05) is 0 Å². The van der Waals surface area contributed by atoms with E-state index in [9.17, 15) is 0 Å². The zero-order valence-corrected chi connectivity index (χ0v) is 9.67. The molecule has 1 aromatic rings. The Bertz CT molecular complexity index is 279.